The molecule has 8 heteroatoms. The number of para-hydroxylation sites is 2. The molecule has 0 radical (unpaired) electrons. The van der Waals surface area contributed by atoms with Gasteiger partial charge in [-0.15, -0.1) is 0 Å². The number of carbonyl (C=O) groups is 2. The molecule has 0 aromatic heterocycles. The monoisotopic (exact) mass is 560 g/mol. The Hall–Kier alpha value is -4.07. The van der Waals surface area contributed by atoms with Gasteiger partial charge in [0.05, 0.1) is 18.4 Å². The van der Waals surface area contributed by atoms with E-state index < -0.39 is 0 Å². The number of piperazine rings is 1. The highest BCUT2D eigenvalue weighted by Crippen LogP contribution is 2.31. The topological polar surface area (TPSA) is 73.9 Å². The highest BCUT2D eigenvalue weighted by molar-refractivity contribution is 6.02. The zero-order valence-electron chi connectivity index (χ0n) is 24.3. The highest BCUT2D eigenvalue weighted by Gasteiger charge is 2.24. The summed E-state index contributed by atoms with van der Waals surface area (Å²) in [7, 11) is 1.68. The van der Waals surface area contributed by atoms with Crippen LogP contribution in [-0.4, -0.2) is 45.1 Å². The van der Waals surface area contributed by atoms with Crippen LogP contribution in [0.15, 0.2) is 66.7 Å². The van der Waals surface area contributed by atoms with E-state index in [9.17, 15) is 14.0 Å². The molecule has 2 N–H and O–H groups in total. The Balaban J connectivity index is 1.53. The Labute approximate surface area is 242 Å². The molecule has 0 bridgehead atoms. The number of hydrogen-bond acceptors (Lipinski definition) is 5. The molecule has 41 heavy (non-hydrogen) atoms. The van der Waals surface area contributed by atoms with E-state index in [0.29, 0.717) is 11.3 Å². The third-order valence-electron chi connectivity index (χ3n) is 7.69. The second-order valence-electron chi connectivity index (χ2n) is 10.4. The Kier molecular flexibility index (Phi) is 10.6. The molecule has 1 heterocycles. The maximum Gasteiger partial charge on any atom is 0.253 e. The summed E-state index contributed by atoms with van der Waals surface area (Å²) in [4.78, 5) is 31.0. The van der Waals surface area contributed by atoms with Crippen molar-refractivity contribution in [2.45, 2.75) is 46.1 Å². The smallest absolute Gasteiger partial charge is 0.253 e. The van der Waals surface area contributed by atoms with Gasteiger partial charge in [0.25, 0.3) is 5.91 Å². The molecule has 1 unspecified atom stereocenters. The van der Waals surface area contributed by atoms with Crippen LogP contribution in [0.3, 0.4) is 0 Å². The lowest BCUT2D eigenvalue weighted by molar-refractivity contribution is -0.120. The minimum atomic E-state index is -0.317. The van der Waals surface area contributed by atoms with Crippen LogP contribution in [0.4, 0.5) is 21.5 Å². The number of unbranched alkanes of at least 4 members (excludes halogenated alkanes) is 1. The van der Waals surface area contributed by atoms with Gasteiger partial charge in [0.15, 0.2) is 0 Å². The van der Waals surface area contributed by atoms with Crippen molar-refractivity contribution in [3.8, 4) is 5.75 Å². The average molecular weight is 561 g/mol. The zero-order chi connectivity index (χ0) is 29.2. The third-order valence-corrected chi connectivity index (χ3v) is 7.69. The molecule has 2 amide bonds. The van der Waals surface area contributed by atoms with E-state index in [-0.39, 0.29) is 30.1 Å². The van der Waals surface area contributed by atoms with Gasteiger partial charge in [-0.2, -0.15) is 0 Å². The van der Waals surface area contributed by atoms with Crippen molar-refractivity contribution in [2.24, 2.45) is 5.92 Å². The van der Waals surface area contributed by atoms with E-state index in [1.807, 2.05) is 37.3 Å². The molecule has 0 spiro atoms. The van der Waals surface area contributed by atoms with Crippen molar-refractivity contribution in [3.63, 3.8) is 0 Å². The SMILES string of the molecule is CCCCC(CC)C(=O)Nc1ccc(N2CCN(c3ccccc3OC)CC2)c(C(=O)NCc2ccc(F)cc2)c1. The number of halogens is 1. The molecular formula is C33H41FN4O3. The summed E-state index contributed by atoms with van der Waals surface area (Å²) in [5, 5.41) is 6.03. The standard InChI is InChI=1S/C33H41FN4O3/c1-4-6-9-25(5-2)32(39)36-27-16-17-29(28(22-27)33(40)35-23-24-12-14-26(34)15-13-24)37-18-20-38(21-19-37)30-10-7-8-11-31(30)41-3/h7-8,10-17,22,25H,4-6,9,18-21,23H2,1-3H3,(H,35,40)(H,36,39). The predicted octanol–water partition coefficient (Wildman–Crippen LogP) is 6.25. The summed E-state index contributed by atoms with van der Waals surface area (Å²) in [6.07, 6.45) is 3.66. The molecule has 1 aliphatic heterocycles. The summed E-state index contributed by atoms with van der Waals surface area (Å²) in [5.74, 6) is 0.199. The minimum Gasteiger partial charge on any atom is -0.495 e. The van der Waals surface area contributed by atoms with Crippen LogP contribution in [0.25, 0.3) is 0 Å². The normalized spacial score (nSPS) is 14.0. The van der Waals surface area contributed by atoms with Crippen LogP contribution in [0, 0.1) is 11.7 Å². The number of benzene rings is 3. The molecule has 1 fully saturated rings. The molecule has 3 aromatic rings. The Morgan fingerprint density at radius 2 is 1.61 bits per heavy atom. The Morgan fingerprint density at radius 1 is 0.927 bits per heavy atom. The average Bonchev–Trinajstić information content (AvgIpc) is 3.01. The maximum atomic E-state index is 13.5. The number of carbonyl (C=O) groups excluding carboxylic acids is 2. The molecule has 218 valence electrons. The Bertz CT molecular complexity index is 1310. The zero-order valence-corrected chi connectivity index (χ0v) is 24.3. The largest absolute Gasteiger partial charge is 0.495 e. The first-order valence-corrected chi connectivity index (χ1v) is 14.5. The number of anilines is 3. The summed E-state index contributed by atoms with van der Waals surface area (Å²) >= 11 is 0. The van der Waals surface area contributed by atoms with Crippen molar-refractivity contribution < 1.29 is 18.7 Å². The van der Waals surface area contributed by atoms with Crippen molar-refractivity contribution in [2.75, 3.05) is 48.4 Å². The van der Waals surface area contributed by atoms with E-state index in [1.165, 1.54) is 12.1 Å². The van der Waals surface area contributed by atoms with E-state index in [1.54, 1.807) is 25.3 Å². The maximum absolute atomic E-state index is 13.5. The van der Waals surface area contributed by atoms with Crippen molar-refractivity contribution in [3.05, 3.63) is 83.7 Å². The number of rotatable bonds is 12. The van der Waals surface area contributed by atoms with E-state index >= 15 is 0 Å². The van der Waals surface area contributed by atoms with Gasteiger partial charge in [0.1, 0.15) is 11.6 Å². The lowest BCUT2D eigenvalue weighted by Gasteiger charge is -2.38. The number of methoxy groups -OCH3 is 1. The first-order chi connectivity index (χ1) is 19.9. The first kappa shape index (κ1) is 29.9. The van der Waals surface area contributed by atoms with Gasteiger partial charge in [-0.1, -0.05) is 51.0 Å². The van der Waals surface area contributed by atoms with Gasteiger partial charge in [-0.25, -0.2) is 4.39 Å². The second-order valence-corrected chi connectivity index (χ2v) is 10.4. The highest BCUT2D eigenvalue weighted by atomic mass is 19.1. The van der Waals surface area contributed by atoms with Crippen molar-refractivity contribution >= 4 is 28.9 Å². The van der Waals surface area contributed by atoms with Gasteiger partial charge >= 0.3 is 0 Å². The molecule has 1 atom stereocenters. The van der Waals surface area contributed by atoms with Gasteiger partial charge in [0, 0.05) is 50.0 Å². The lowest BCUT2D eigenvalue weighted by atomic mass is 9.98. The Morgan fingerprint density at radius 3 is 2.27 bits per heavy atom. The van der Waals surface area contributed by atoms with Crippen LogP contribution < -0.4 is 25.2 Å². The molecular weight excluding hydrogens is 519 g/mol. The second kappa shape index (κ2) is 14.5. The fourth-order valence-electron chi connectivity index (χ4n) is 5.25. The fourth-order valence-corrected chi connectivity index (χ4v) is 5.25. The van der Waals surface area contributed by atoms with Crippen molar-refractivity contribution in [1.29, 1.82) is 0 Å². The van der Waals surface area contributed by atoms with Gasteiger partial charge in [-0.05, 0) is 60.9 Å². The number of ether oxygens (including phenoxy) is 1. The number of nitrogens with one attached hydrogen (secondary N) is 2. The van der Waals surface area contributed by atoms with Gasteiger partial charge < -0.3 is 25.2 Å². The lowest BCUT2D eigenvalue weighted by Crippen LogP contribution is -2.47. The van der Waals surface area contributed by atoms with Gasteiger partial charge in [0.2, 0.25) is 5.91 Å². The number of amides is 2. The fraction of sp³-hybridized carbons (Fsp3) is 0.394. The molecule has 7 nitrogen and oxygen atoms in total. The van der Waals surface area contributed by atoms with Crippen LogP contribution in [0.1, 0.15) is 55.5 Å². The predicted molar refractivity (Wildman–Crippen MR) is 163 cm³/mol. The summed E-state index contributed by atoms with van der Waals surface area (Å²) in [5.41, 5.74) is 3.78. The minimum absolute atomic E-state index is 0.0169. The first-order valence-electron chi connectivity index (χ1n) is 14.5. The van der Waals surface area contributed by atoms with E-state index in [4.69, 9.17) is 4.74 Å². The number of hydrogen-bond donors (Lipinski definition) is 2. The van der Waals surface area contributed by atoms with Crippen LogP contribution in [0.2, 0.25) is 0 Å². The molecule has 1 aliphatic rings. The molecule has 4 rings (SSSR count). The van der Waals surface area contributed by atoms with Gasteiger partial charge in [-0.3, -0.25) is 9.59 Å². The third kappa shape index (κ3) is 7.78. The quantitative estimate of drug-likeness (QED) is 0.274. The molecule has 0 saturated carbocycles. The van der Waals surface area contributed by atoms with Crippen molar-refractivity contribution in [1.82, 2.24) is 5.32 Å². The van der Waals surface area contributed by atoms with Crippen LogP contribution >= 0.6 is 0 Å². The van der Waals surface area contributed by atoms with Crippen LogP contribution in [-0.2, 0) is 11.3 Å². The number of nitrogens with zero attached hydrogens (tertiary/aromatic N) is 2. The summed E-state index contributed by atoms with van der Waals surface area (Å²) < 4.78 is 18.9. The molecule has 1 saturated heterocycles. The van der Waals surface area contributed by atoms with Crippen LogP contribution in [0.5, 0.6) is 5.75 Å². The van der Waals surface area contributed by atoms with E-state index in [2.05, 4.69) is 33.4 Å². The summed E-state index contributed by atoms with van der Waals surface area (Å²) in [6.45, 7) is 7.40. The summed E-state index contributed by atoms with van der Waals surface area (Å²) in [6, 6.07) is 19.6. The van der Waals surface area contributed by atoms with E-state index in [0.717, 1.165) is 74.6 Å². The molecule has 0 aliphatic carbocycles. The molecule has 3 aromatic carbocycles.